The minimum absolute atomic E-state index is 0.140. The Labute approximate surface area is 137 Å². The fraction of sp³-hybridized carbons (Fsp3) is 0.267. The van der Waals surface area contributed by atoms with Crippen LogP contribution in [0.1, 0.15) is 5.56 Å². The Hall–Kier alpha value is -2.45. The number of thiazole rings is 1. The van der Waals surface area contributed by atoms with Gasteiger partial charge in [-0.2, -0.15) is 0 Å². The summed E-state index contributed by atoms with van der Waals surface area (Å²) in [7, 11) is 1.60. The van der Waals surface area contributed by atoms with E-state index < -0.39 is 0 Å². The summed E-state index contributed by atoms with van der Waals surface area (Å²) in [6.45, 7) is 1.69. The monoisotopic (exact) mass is 334 g/mol. The summed E-state index contributed by atoms with van der Waals surface area (Å²) in [5.41, 5.74) is 7.82. The first kappa shape index (κ1) is 16.9. The molecule has 2 rings (SSSR count). The molecule has 0 atom stereocenters. The summed E-state index contributed by atoms with van der Waals surface area (Å²) in [6, 6.07) is 5.81. The Morgan fingerprint density at radius 2 is 2.13 bits per heavy atom. The van der Waals surface area contributed by atoms with Gasteiger partial charge in [-0.05, 0) is 19.1 Å². The summed E-state index contributed by atoms with van der Waals surface area (Å²) >= 11 is 1.30. The van der Waals surface area contributed by atoms with Crippen molar-refractivity contribution in [3.63, 3.8) is 0 Å². The van der Waals surface area contributed by atoms with E-state index in [0.717, 1.165) is 16.8 Å². The third kappa shape index (κ3) is 4.51. The SMILES string of the molecule is COc1ccc(C)cc1-c1csc(NC(=O)CNC(=O)CN)n1. The van der Waals surface area contributed by atoms with Crippen LogP contribution in [0.4, 0.5) is 5.13 Å². The highest BCUT2D eigenvalue weighted by Crippen LogP contribution is 2.32. The van der Waals surface area contributed by atoms with E-state index >= 15 is 0 Å². The van der Waals surface area contributed by atoms with Gasteiger partial charge in [0.15, 0.2) is 5.13 Å². The summed E-state index contributed by atoms with van der Waals surface area (Å²) in [6.07, 6.45) is 0. The molecule has 0 unspecified atom stereocenters. The highest BCUT2D eigenvalue weighted by molar-refractivity contribution is 7.14. The van der Waals surface area contributed by atoms with Gasteiger partial charge in [0.05, 0.1) is 25.9 Å². The molecule has 1 aromatic carbocycles. The molecule has 0 aliphatic carbocycles. The molecule has 0 aliphatic rings. The number of rotatable bonds is 6. The number of hydrogen-bond donors (Lipinski definition) is 3. The molecule has 7 nitrogen and oxygen atoms in total. The van der Waals surface area contributed by atoms with Crippen molar-refractivity contribution in [1.29, 1.82) is 0 Å². The molecule has 23 heavy (non-hydrogen) atoms. The zero-order valence-corrected chi connectivity index (χ0v) is 13.7. The second-order valence-corrected chi connectivity index (χ2v) is 5.63. The second kappa shape index (κ2) is 7.70. The molecule has 0 radical (unpaired) electrons. The summed E-state index contributed by atoms with van der Waals surface area (Å²) < 4.78 is 5.34. The van der Waals surface area contributed by atoms with Crippen molar-refractivity contribution in [2.45, 2.75) is 6.92 Å². The average molecular weight is 334 g/mol. The third-order valence-corrected chi connectivity index (χ3v) is 3.77. The second-order valence-electron chi connectivity index (χ2n) is 4.77. The fourth-order valence-corrected chi connectivity index (χ4v) is 2.62. The van der Waals surface area contributed by atoms with Crippen molar-refractivity contribution >= 4 is 28.3 Å². The van der Waals surface area contributed by atoms with E-state index in [1.165, 1.54) is 11.3 Å². The molecule has 0 saturated heterocycles. The molecule has 1 heterocycles. The maximum atomic E-state index is 11.7. The van der Waals surface area contributed by atoms with Crippen LogP contribution in [0.2, 0.25) is 0 Å². The summed E-state index contributed by atoms with van der Waals surface area (Å²) in [5.74, 6) is -0.0256. The molecule has 0 spiro atoms. The van der Waals surface area contributed by atoms with Gasteiger partial charge in [-0.15, -0.1) is 11.3 Å². The lowest BCUT2D eigenvalue weighted by Crippen LogP contribution is -2.36. The van der Waals surface area contributed by atoms with Crippen LogP contribution in [0.25, 0.3) is 11.3 Å². The highest BCUT2D eigenvalue weighted by atomic mass is 32.1. The average Bonchev–Trinajstić information content (AvgIpc) is 3.00. The van der Waals surface area contributed by atoms with Crippen molar-refractivity contribution in [2.75, 3.05) is 25.5 Å². The van der Waals surface area contributed by atoms with E-state index in [1.54, 1.807) is 7.11 Å². The summed E-state index contributed by atoms with van der Waals surface area (Å²) in [5, 5.41) is 7.33. The molecule has 8 heteroatoms. The maximum absolute atomic E-state index is 11.7. The first-order chi connectivity index (χ1) is 11.0. The number of hydrogen-bond acceptors (Lipinski definition) is 6. The smallest absolute Gasteiger partial charge is 0.245 e. The Bertz CT molecular complexity index is 714. The van der Waals surface area contributed by atoms with Crippen LogP contribution >= 0.6 is 11.3 Å². The minimum Gasteiger partial charge on any atom is -0.496 e. The third-order valence-electron chi connectivity index (χ3n) is 3.01. The lowest BCUT2D eigenvalue weighted by Gasteiger charge is -2.07. The van der Waals surface area contributed by atoms with Crippen LogP contribution < -0.4 is 21.1 Å². The Morgan fingerprint density at radius 3 is 2.83 bits per heavy atom. The van der Waals surface area contributed by atoms with E-state index in [4.69, 9.17) is 10.5 Å². The van der Waals surface area contributed by atoms with Crippen LogP contribution in [0.5, 0.6) is 5.75 Å². The maximum Gasteiger partial charge on any atom is 0.245 e. The zero-order chi connectivity index (χ0) is 16.8. The minimum atomic E-state index is -0.385. The lowest BCUT2D eigenvalue weighted by molar-refractivity contribution is -0.123. The van der Waals surface area contributed by atoms with Crippen molar-refractivity contribution in [3.05, 3.63) is 29.1 Å². The van der Waals surface area contributed by atoms with E-state index in [2.05, 4.69) is 15.6 Å². The number of carbonyl (C=O) groups excluding carboxylic acids is 2. The van der Waals surface area contributed by atoms with E-state index in [-0.39, 0.29) is 24.9 Å². The molecule has 0 fully saturated rings. The Balaban J connectivity index is 2.08. The van der Waals surface area contributed by atoms with Crippen LogP contribution in [0, 0.1) is 6.92 Å². The quantitative estimate of drug-likeness (QED) is 0.734. The van der Waals surface area contributed by atoms with Gasteiger partial charge >= 0.3 is 0 Å². The lowest BCUT2D eigenvalue weighted by atomic mass is 10.1. The Kier molecular flexibility index (Phi) is 5.67. The van der Waals surface area contributed by atoms with Crippen molar-refractivity contribution < 1.29 is 14.3 Å². The number of nitrogens with one attached hydrogen (secondary N) is 2. The molecular weight excluding hydrogens is 316 g/mol. The molecule has 0 bridgehead atoms. The van der Waals surface area contributed by atoms with Gasteiger partial charge in [0.2, 0.25) is 11.8 Å². The predicted octanol–water partition coefficient (Wildman–Crippen LogP) is 1.14. The topological polar surface area (TPSA) is 106 Å². The largest absolute Gasteiger partial charge is 0.496 e. The van der Waals surface area contributed by atoms with Crippen molar-refractivity contribution in [2.24, 2.45) is 5.73 Å². The number of benzene rings is 1. The van der Waals surface area contributed by atoms with E-state index in [0.29, 0.717) is 10.9 Å². The number of aryl methyl sites for hydroxylation is 1. The molecule has 1 aromatic heterocycles. The van der Waals surface area contributed by atoms with Crippen LogP contribution in [0.3, 0.4) is 0 Å². The number of nitrogens with zero attached hydrogens (tertiary/aromatic N) is 1. The molecule has 2 amide bonds. The Morgan fingerprint density at radius 1 is 1.35 bits per heavy atom. The standard InChI is InChI=1S/C15H18N4O3S/c1-9-3-4-12(22-2)10(5-9)11-8-23-15(18-11)19-14(21)7-17-13(20)6-16/h3-5,8H,6-7,16H2,1-2H3,(H,17,20)(H,18,19,21). The number of ether oxygens (including phenoxy) is 1. The van der Waals surface area contributed by atoms with Gasteiger partial charge in [0, 0.05) is 10.9 Å². The van der Waals surface area contributed by atoms with Crippen molar-refractivity contribution in [3.8, 4) is 17.0 Å². The van der Waals surface area contributed by atoms with Gasteiger partial charge in [0.1, 0.15) is 5.75 Å². The summed E-state index contributed by atoms with van der Waals surface area (Å²) in [4.78, 5) is 27.1. The van der Waals surface area contributed by atoms with Gasteiger partial charge in [0.25, 0.3) is 0 Å². The van der Waals surface area contributed by atoms with Gasteiger partial charge < -0.3 is 21.1 Å². The molecular formula is C15H18N4O3S. The van der Waals surface area contributed by atoms with Crippen LogP contribution in [-0.4, -0.2) is 37.0 Å². The number of methoxy groups -OCH3 is 1. The molecule has 122 valence electrons. The van der Waals surface area contributed by atoms with Gasteiger partial charge in [-0.1, -0.05) is 11.6 Å². The first-order valence-electron chi connectivity index (χ1n) is 6.90. The van der Waals surface area contributed by atoms with Crippen LogP contribution in [-0.2, 0) is 9.59 Å². The number of anilines is 1. The number of carbonyl (C=O) groups is 2. The highest BCUT2D eigenvalue weighted by Gasteiger charge is 2.12. The molecule has 0 saturated carbocycles. The molecule has 4 N–H and O–H groups in total. The van der Waals surface area contributed by atoms with Crippen molar-refractivity contribution in [1.82, 2.24) is 10.3 Å². The molecule has 0 aliphatic heterocycles. The zero-order valence-electron chi connectivity index (χ0n) is 12.9. The number of amides is 2. The number of aromatic nitrogens is 1. The van der Waals surface area contributed by atoms with Crippen LogP contribution in [0.15, 0.2) is 23.6 Å². The van der Waals surface area contributed by atoms with E-state index in [1.807, 2.05) is 30.5 Å². The van der Waals surface area contributed by atoms with E-state index in [9.17, 15) is 9.59 Å². The molecule has 2 aromatic rings. The number of nitrogens with two attached hydrogens (primary N) is 1. The first-order valence-corrected chi connectivity index (χ1v) is 7.78. The normalized spacial score (nSPS) is 10.2. The van der Waals surface area contributed by atoms with Gasteiger partial charge in [-0.3, -0.25) is 9.59 Å². The van der Waals surface area contributed by atoms with Gasteiger partial charge in [-0.25, -0.2) is 4.98 Å². The fourth-order valence-electron chi connectivity index (χ4n) is 1.89. The predicted molar refractivity (Wildman–Crippen MR) is 89.5 cm³/mol.